The van der Waals surface area contributed by atoms with E-state index in [1.165, 1.54) is 0 Å². The van der Waals surface area contributed by atoms with Crippen molar-refractivity contribution in [3.05, 3.63) is 28.3 Å². The van der Waals surface area contributed by atoms with Crippen LogP contribution < -0.4 is 4.74 Å². The minimum Gasteiger partial charge on any atom is -0.493 e. The van der Waals surface area contributed by atoms with Crippen molar-refractivity contribution in [3.63, 3.8) is 0 Å². The van der Waals surface area contributed by atoms with Gasteiger partial charge >= 0.3 is 0 Å². The van der Waals surface area contributed by atoms with Gasteiger partial charge in [-0.2, -0.15) is 0 Å². The quantitative estimate of drug-likeness (QED) is 0.771. The van der Waals surface area contributed by atoms with Crippen LogP contribution in [0.2, 0.25) is 5.02 Å². The molecule has 0 amide bonds. The summed E-state index contributed by atoms with van der Waals surface area (Å²) in [4.78, 5) is 0. The highest BCUT2D eigenvalue weighted by Crippen LogP contribution is 2.51. The molecule has 14 heavy (non-hydrogen) atoms. The van der Waals surface area contributed by atoms with Crippen LogP contribution in [0.4, 0.5) is 0 Å². The van der Waals surface area contributed by atoms with Gasteiger partial charge in [-0.05, 0) is 25.0 Å². The van der Waals surface area contributed by atoms with Crippen LogP contribution in [-0.4, -0.2) is 11.7 Å². The van der Waals surface area contributed by atoms with Crippen molar-refractivity contribution in [1.29, 1.82) is 0 Å². The summed E-state index contributed by atoms with van der Waals surface area (Å²) in [7, 11) is 0. The van der Waals surface area contributed by atoms with E-state index in [-0.39, 0.29) is 0 Å². The molecular formula is C11H11ClO2. The summed E-state index contributed by atoms with van der Waals surface area (Å²) in [6, 6.07) is 3.71. The second-order valence-electron chi connectivity index (χ2n) is 4.03. The van der Waals surface area contributed by atoms with Crippen molar-refractivity contribution < 1.29 is 9.84 Å². The van der Waals surface area contributed by atoms with Gasteiger partial charge in [-0.15, -0.1) is 0 Å². The second kappa shape index (κ2) is 2.65. The zero-order chi connectivity index (χ0) is 9.76. The van der Waals surface area contributed by atoms with Crippen molar-refractivity contribution in [2.24, 2.45) is 0 Å². The minimum atomic E-state index is -0.657. The fourth-order valence-corrected chi connectivity index (χ4v) is 2.47. The number of benzene rings is 1. The third-order valence-electron chi connectivity index (χ3n) is 3.02. The second-order valence-corrected chi connectivity index (χ2v) is 4.44. The van der Waals surface area contributed by atoms with E-state index in [4.69, 9.17) is 16.3 Å². The van der Waals surface area contributed by atoms with Gasteiger partial charge in [0, 0.05) is 22.6 Å². The van der Waals surface area contributed by atoms with Crippen LogP contribution >= 0.6 is 11.6 Å². The molecule has 2 aliphatic rings. The minimum absolute atomic E-state index is 0.657. The standard InChI is InChI=1S/C11H11ClO2/c12-8-1-2-9-7(3-6-14-9)10(8)11(13)4-5-11/h1-2,13H,3-6H2. The molecule has 1 aromatic rings. The van der Waals surface area contributed by atoms with E-state index in [0.29, 0.717) is 11.6 Å². The van der Waals surface area contributed by atoms with Gasteiger partial charge in [-0.1, -0.05) is 11.6 Å². The molecule has 0 bridgehead atoms. The van der Waals surface area contributed by atoms with Gasteiger partial charge in [0.05, 0.1) is 12.2 Å². The Labute approximate surface area is 87.5 Å². The summed E-state index contributed by atoms with van der Waals surface area (Å²) >= 11 is 6.12. The maximum Gasteiger partial charge on any atom is 0.123 e. The van der Waals surface area contributed by atoms with Gasteiger partial charge in [0.2, 0.25) is 0 Å². The van der Waals surface area contributed by atoms with E-state index < -0.39 is 5.60 Å². The molecule has 0 atom stereocenters. The Morgan fingerprint density at radius 1 is 1.36 bits per heavy atom. The fourth-order valence-electron chi connectivity index (χ4n) is 2.12. The molecule has 0 radical (unpaired) electrons. The third-order valence-corrected chi connectivity index (χ3v) is 3.33. The highest BCUT2D eigenvalue weighted by molar-refractivity contribution is 6.31. The molecule has 1 aliphatic heterocycles. The van der Waals surface area contributed by atoms with Crippen LogP contribution in [-0.2, 0) is 12.0 Å². The van der Waals surface area contributed by atoms with Crippen LogP contribution in [0.5, 0.6) is 5.75 Å². The van der Waals surface area contributed by atoms with Crippen LogP contribution in [0, 0.1) is 0 Å². The number of aliphatic hydroxyl groups is 1. The molecular weight excluding hydrogens is 200 g/mol. The lowest BCUT2D eigenvalue weighted by molar-refractivity contribution is 0.150. The smallest absolute Gasteiger partial charge is 0.123 e. The predicted molar refractivity (Wildman–Crippen MR) is 53.8 cm³/mol. The molecule has 74 valence electrons. The van der Waals surface area contributed by atoms with Gasteiger partial charge in [0.15, 0.2) is 0 Å². The largest absolute Gasteiger partial charge is 0.493 e. The van der Waals surface area contributed by atoms with Gasteiger partial charge in [0.1, 0.15) is 5.75 Å². The molecule has 1 saturated carbocycles. The monoisotopic (exact) mass is 210 g/mol. The molecule has 1 aromatic carbocycles. The molecule has 1 heterocycles. The molecule has 0 unspecified atom stereocenters. The zero-order valence-electron chi connectivity index (χ0n) is 7.72. The molecule has 1 N–H and O–H groups in total. The summed E-state index contributed by atoms with van der Waals surface area (Å²) in [6.45, 7) is 0.707. The summed E-state index contributed by atoms with van der Waals surface area (Å²) in [6.07, 6.45) is 2.51. The normalized spacial score (nSPS) is 21.6. The first kappa shape index (κ1) is 8.57. The Hall–Kier alpha value is -0.730. The molecule has 0 aromatic heterocycles. The van der Waals surface area contributed by atoms with Crippen LogP contribution in [0.25, 0.3) is 0 Å². The molecule has 1 aliphatic carbocycles. The van der Waals surface area contributed by atoms with E-state index in [2.05, 4.69) is 0 Å². The zero-order valence-corrected chi connectivity index (χ0v) is 8.47. The summed E-state index contributed by atoms with van der Waals surface area (Å²) in [5.74, 6) is 0.893. The first-order valence-corrected chi connectivity index (χ1v) is 5.25. The number of ether oxygens (including phenoxy) is 1. The van der Waals surface area contributed by atoms with Crippen molar-refractivity contribution in [1.82, 2.24) is 0 Å². The lowest BCUT2D eigenvalue weighted by Gasteiger charge is -2.14. The Morgan fingerprint density at radius 2 is 2.14 bits per heavy atom. The Bertz CT molecular complexity index is 397. The lowest BCUT2D eigenvalue weighted by Crippen LogP contribution is -2.08. The number of fused-ring (bicyclic) bond motifs is 1. The maximum atomic E-state index is 10.1. The fraction of sp³-hybridized carbons (Fsp3) is 0.455. The third kappa shape index (κ3) is 1.07. The lowest BCUT2D eigenvalue weighted by atomic mass is 9.99. The van der Waals surface area contributed by atoms with Gasteiger partial charge in [-0.3, -0.25) is 0 Å². The first-order chi connectivity index (χ1) is 6.71. The number of hydrogen-bond donors (Lipinski definition) is 1. The molecule has 1 fully saturated rings. The Kier molecular flexibility index (Phi) is 1.62. The molecule has 0 spiro atoms. The van der Waals surface area contributed by atoms with E-state index >= 15 is 0 Å². The molecule has 3 heteroatoms. The van der Waals surface area contributed by atoms with Crippen molar-refractivity contribution >= 4 is 11.6 Å². The maximum absolute atomic E-state index is 10.1. The predicted octanol–water partition coefficient (Wildman–Crippen LogP) is 2.26. The highest BCUT2D eigenvalue weighted by Gasteiger charge is 2.46. The van der Waals surface area contributed by atoms with Crippen molar-refractivity contribution in [2.75, 3.05) is 6.61 Å². The first-order valence-electron chi connectivity index (χ1n) is 4.88. The van der Waals surface area contributed by atoms with Crippen molar-refractivity contribution in [3.8, 4) is 5.75 Å². The number of rotatable bonds is 1. The van der Waals surface area contributed by atoms with Crippen LogP contribution in [0.3, 0.4) is 0 Å². The molecule has 3 rings (SSSR count). The van der Waals surface area contributed by atoms with E-state index in [0.717, 1.165) is 36.1 Å². The summed E-state index contributed by atoms with van der Waals surface area (Å²) in [5, 5.41) is 10.8. The summed E-state index contributed by atoms with van der Waals surface area (Å²) < 4.78 is 5.45. The Balaban J connectivity index is 2.21. The SMILES string of the molecule is OC1(c2c(Cl)ccc3c2CCO3)CC1. The number of halogens is 1. The van der Waals surface area contributed by atoms with Crippen molar-refractivity contribution in [2.45, 2.75) is 24.9 Å². The summed E-state index contributed by atoms with van der Waals surface area (Å²) in [5.41, 5.74) is 1.36. The van der Waals surface area contributed by atoms with Crippen LogP contribution in [0.1, 0.15) is 24.0 Å². The Morgan fingerprint density at radius 3 is 2.86 bits per heavy atom. The molecule has 2 nitrogen and oxygen atoms in total. The van der Waals surface area contributed by atoms with Crippen LogP contribution in [0.15, 0.2) is 12.1 Å². The van der Waals surface area contributed by atoms with E-state index in [1.54, 1.807) is 0 Å². The van der Waals surface area contributed by atoms with Gasteiger partial charge in [0.25, 0.3) is 0 Å². The topological polar surface area (TPSA) is 29.5 Å². The van der Waals surface area contributed by atoms with E-state index in [9.17, 15) is 5.11 Å². The van der Waals surface area contributed by atoms with Gasteiger partial charge < -0.3 is 9.84 Å². The highest BCUT2D eigenvalue weighted by atomic mass is 35.5. The average molecular weight is 211 g/mol. The molecule has 0 saturated heterocycles. The average Bonchev–Trinajstić information content (AvgIpc) is 2.74. The van der Waals surface area contributed by atoms with Gasteiger partial charge in [-0.25, -0.2) is 0 Å². The number of hydrogen-bond acceptors (Lipinski definition) is 2. The van der Waals surface area contributed by atoms with E-state index in [1.807, 2.05) is 12.1 Å².